The number of benzene rings is 1. The zero-order valence-electron chi connectivity index (χ0n) is 20.3. The highest BCUT2D eigenvalue weighted by Gasteiger charge is 2.59. The van der Waals surface area contributed by atoms with Gasteiger partial charge in [0.25, 0.3) is 0 Å². The van der Waals surface area contributed by atoms with Gasteiger partial charge in [0.1, 0.15) is 11.9 Å². The van der Waals surface area contributed by atoms with Gasteiger partial charge < -0.3 is 9.47 Å². The van der Waals surface area contributed by atoms with Gasteiger partial charge in [-0.25, -0.2) is 0 Å². The van der Waals surface area contributed by atoms with E-state index in [1.807, 2.05) is 0 Å². The van der Waals surface area contributed by atoms with E-state index in [0.29, 0.717) is 23.0 Å². The van der Waals surface area contributed by atoms with E-state index >= 15 is 0 Å². The summed E-state index contributed by atoms with van der Waals surface area (Å²) in [4.78, 5) is 0. The third kappa shape index (κ3) is 3.77. The smallest absolute Gasteiger partial charge is 0.119 e. The van der Waals surface area contributed by atoms with E-state index in [9.17, 15) is 0 Å². The van der Waals surface area contributed by atoms with Crippen molar-refractivity contribution in [1.29, 1.82) is 0 Å². The zero-order valence-corrected chi connectivity index (χ0v) is 20.3. The number of ether oxygens (including phenoxy) is 2. The predicted octanol–water partition coefficient (Wildman–Crippen LogP) is 7.58. The zero-order chi connectivity index (χ0) is 21.9. The van der Waals surface area contributed by atoms with Crippen LogP contribution in [0.25, 0.3) is 0 Å². The third-order valence-electron chi connectivity index (χ3n) is 9.51. The number of fused-ring (bicyclic) bond motifs is 5. The fourth-order valence-electron chi connectivity index (χ4n) is 8.04. The molecule has 0 unspecified atom stereocenters. The van der Waals surface area contributed by atoms with E-state index in [1.165, 1.54) is 44.9 Å². The molecule has 3 fully saturated rings. The van der Waals surface area contributed by atoms with Gasteiger partial charge in [0.05, 0.1) is 11.7 Å². The number of hydrogen-bond acceptors (Lipinski definition) is 2. The van der Waals surface area contributed by atoms with E-state index in [0.717, 1.165) is 29.9 Å². The van der Waals surface area contributed by atoms with Gasteiger partial charge in [-0.3, -0.25) is 0 Å². The van der Waals surface area contributed by atoms with Crippen LogP contribution in [0.2, 0.25) is 0 Å². The SMILES string of the molecule is CC(C)(C)O[C@H]1CC[C@@]2(C)C(=CC[C@@H]3[C@H]4CC[C@@H](Oc5ccccc5)[C@]4(C)CC[C@H]32)C1. The molecule has 0 aliphatic heterocycles. The summed E-state index contributed by atoms with van der Waals surface area (Å²) in [6, 6.07) is 10.5. The molecule has 0 amide bonds. The van der Waals surface area contributed by atoms with Crippen LogP contribution in [-0.2, 0) is 4.74 Å². The Kier molecular flexibility index (Phi) is 5.32. The number of hydrogen-bond donors (Lipinski definition) is 0. The predicted molar refractivity (Wildman–Crippen MR) is 127 cm³/mol. The van der Waals surface area contributed by atoms with E-state index in [1.54, 1.807) is 5.57 Å². The second-order valence-corrected chi connectivity index (χ2v) is 12.4. The summed E-state index contributed by atoms with van der Waals surface area (Å²) in [6.45, 7) is 11.7. The Morgan fingerprint density at radius 1 is 0.903 bits per heavy atom. The number of allylic oxidation sites excluding steroid dienone is 1. The first-order chi connectivity index (χ1) is 14.7. The lowest BCUT2D eigenvalue weighted by Crippen LogP contribution is -2.52. The topological polar surface area (TPSA) is 18.5 Å². The van der Waals surface area contributed by atoms with Crippen molar-refractivity contribution in [1.82, 2.24) is 0 Å². The van der Waals surface area contributed by atoms with Gasteiger partial charge in [-0.15, -0.1) is 0 Å². The van der Waals surface area contributed by atoms with Crippen LogP contribution >= 0.6 is 0 Å². The van der Waals surface area contributed by atoms with Crippen molar-refractivity contribution >= 4 is 0 Å². The Labute approximate surface area is 189 Å². The molecule has 1 aromatic carbocycles. The molecule has 7 atom stereocenters. The Balaban J connectivity index is 1.34. The molecule has 0 spiro atoms. The van der Waals surface area contributed by atoms with Crippen molar-refractivity contribution in [2.75, 3.05) is 0 Å². The second kappa shape index (κ2) is 7.65. The maximum atomic E-state index is 6.59. The highest BCUT2D eigenvalue weighted by molar-refractivity contribution is 5.26. The molecule has 0 radical (unpaired) electrons. The standard InChI is InChI=1S/C29H42O2/c1-27(2,3)31-22-15-17-28(4)20(19-22)11-12-23-24-13-14-26(29(24,5)18-16-25(23)28)30-21-9-7-6-8-10-21/h6-11,22-26H,12-19H2,1-5H3/t22-,23+,24+,25+,26+,28-,29+/m0/s1. The van der Waals surface area contributed by atoms with E-state index in [2.05, 4.69) is 71.0 Å². The van der Waals surface area contributed by atoms with Gasteiger partial charge in [-0.05, 0) is 107 Å². The normalized spacial score (nSPS) is 42.2. The van der Waals surface area contributed by atoms with Crippen LogP contribution < -0.4 is 4.74 Å². The summed E-state index contributed by atoms with van der Waals surface area (Å²) in [6.07, 6.45) is 13.6. The molecule has 31 heavy (non-hydrogen) atoms. The molecule has 2 heteroatoms. The van der Waals surface area contributed by atoms with Crippen molar-refractivity contribution in [2.24, 2.45) is 28.6 Å². The maximum Gasteiger partial charge on any atom is 0.119 e. The van der Waals surface area contributed by atoms with Gasteiger partial charge >= 0.3 is 0 Å². The molecule has 0 aromatic heterocycles. The summed E-state index contributed by atoms with van der Waals surface area (Å²) >= 11 is 0. The maximum absolute atomic E-state index is 6.59. The molecule has 0 saturated heterocycles. The molecule has 4 aliphatic carbocycles. The molecular formula is C29H42O2. The van der Waals surface area contributed by atoms with Gasteiger partial charge in [-0.1, -0.05) is 43.7 Å². The van der Waals surface area contributed by atoms with Gasteiger partial charge in [-0.2, -0.15) is 0 Å². The van der Waals surface area contributed by atoms with E-state index < -0.39 is 0 Å². The van der Waals surface area contributed by atoms with Crippen molar-refractivity contribution in [3.63, 3.8) is 0 Å². The minimum atomic E-state index is -0.0412. The monoisotopic (exact) mass is 422 g/mol. The average Bonchev–Trinajstić information content (AvgIpc) is 3.04. The summed E-state index contributed by atoms with van der Waals surface area (Å²) < 4.78 is 13.0. The molecule has 5 rings (SSSR count). The Morgan fingerprint density at radius 3 is 2.42 bits per heavy atom. The number of para-hydroxylation sites is 1. The third-order valence-corrected chi connectivity index (χ3v) is 9.51. The van der Waals surface area contributed by atoms with Crippen molar-refractivity contribution in [3.8, 4) is 5.75 Å². The Bertz CT molecular complexity index is 821. The lowest BCUT2D eigenvalue weighted by atomic mass is 9.48. The Morgan fingerprint density at radius 2 is 1.68 bits per heavy atom. The van der Waals surface area contributed by atoms with Crippen LogP contribution in [0.4, 0.5) is 0 Å². The molecule has 0 heterocycles. The lowest BCUT2D eigenvalue weighted by Gasteiger charge is -2.58. The quantitative estimate of drug-likeness (QED) is 0.467. The first-order valence-electron chi connectivity index (χ1n) is 12.8. The molecule has 4 aliphatic rings. The fraction of sp³-hybridized carbons (Fsp3) is 0.724. The summed E-state index contributed by atoms with van der Waals surface area (Å²) in [5, 5.41) is 0. The molecule has 170 valence electrons. The van der Waals surface area contributed by atoms with Crippen molar-refractivity contribution < 1.29 is 9.47 Å². The van der Waals surface area contributed by atoms with Crippen LogP contribution in [-0.4, -0.2) is 17.8 Å². The van der Waals surface area contributed by atoms with Crippen molar-refractivity contribution in [2.45, 2.75) is 104 Å². The molecule has 0 N–H and O–H groups in total. The van der Waals surface area contributed by atoms with Crippen LogP contribution in [0.15, 0.2) is 42.0 Å². The van der Waals surface area contributed by atoms with Gasteiger partial charge in [0, 0.05) is 5.41 Å². The number of rotatable bonds is 3. The van der Waals surface area contributed by atoms with Crippen LogP contribution in [0, 0.1) is 28.6 Å². The lowest BCUT2D eigenvalue weighted by molar-refractivity contribution is -0.0971. The molecular weight excluding hydrogens is 380 g/mol. The summed E-state index contributed by atoms with van der Waals surface area (Å²) in [7, 11) is 0. The summed E-state index contributed by atoms with van der Waals surface area (Å²) in [5.41, 5.74) is 2.39. The van der Waals surface area contributed by atoms with Crippen LogP contribution in [0.5, 0.6) is 5.75 Å². The highest BCUT2D eigenvalue weighted by Crippen LogP contribution is 2.65. The molecule has 0 bridgehead atoms. The second-order valence-electron chi connectivity index (χ2n) is 12.4. The van der Waals surface area contributed by atoms with E-state index in [-0.39, 0.29) is 5.60 Å². The van der Waals surface area contributed by atoms with Gasteiger partial charge in [0.2, 0.25) is 0 Å². The van der Waals surface area contributed by atoms with Crippen LogP contribution in [0.3, 0.4) is 0 Å². The summed E-state index contributed by atoms with van der Waals surface area (Å²) in [5.74, 6) is 3.53. The largest absolute Gasteiger partial charge is 0.490 e. The van der Waals surface area contributed by atoms with Gasteiger partial charge in [0.15, 0.2) is 0 Å². The van der Waals surface area contributed by atoms with Crippen molar-refractivity contribution in [3.05, 3.63) is 42.0 Å². The molecule has 1 aromatic rings. The minimum absolute atomic E-state index is 0.0412. The first-order valence-corrected chi connectivity index (χ1v) is 12.8. The highest BCUT2D eigenvalue weighted by atomic mass is 16.5. The van der Waals surface area contributed by atoms with Crippen LogP contribution in [0.1, 0.15) is 86.0 Å². The molecule has 3 saturated carbocycles. The fourth-order valence-corrected chi connectivity index (χ4v) is 8.04. The first kappa shape index (κ1) is 21.6. The van der Waals surface area contributed by atoms with E-state index in [4.69, 9.17) is 9.47 Å². The average molecular weight is 423 g/mol. The molecule has 2 nitrogen and oxygen atoms in total. The Hall–Kier alpha value is -1.28. The minimum Gasteiger partial charge on any atom is -0.490 e.